The van der Waals surface area contributed by atoms with Crippen LogP contribution in [0.25, 0.3) is 0 Å². The van der Waals surface area contributed by atoms with Crippen LogP contribution in [0.3, 0.4) is 0 Å². The highest BCUT2D eigenvalue weighted by Crippen LogP contribution is 2.26. The van der Waals surface area contributed by atoms with Crippen molar-refractivity contribution in [1.82, 2.24) is 5.32 Å². The van der Waals surface area contributed by atoms with Gasteiger partial charge >= 0.3 is 0 Å². The maximum absolute atomic E-state index is 12.9. The minimum atomic E-state index is -3.88. The molecular formula is C22H29N3O5S. The van der Waals surface area contributed by atoms with Crippen LogP contribution in [0.2, 0.25) is 0 Å². The second-order valence-electron chi connectivity index (χ2n) is 8.61. The highest BCUT2D eigenvalue weighted by Gasteiger charge is 2.30. The Morgan fingerprint density at radius 1 is 1.10 bits per heavy atom. The number of amides is 1. The number of carbonyl (C=O) groups excluding carboxylic acids is 1. The molecule has 9 heteroatoms. The number of carbonyl (C=O) groups is 1. The van der Waals surface area contributed by atoms with E-state index in [1.165, 1.54) is 25.1 Å². The first-order chi connectivity index (χ1) is 14.2. The number of hydrogen-bond donors (Lipinski definition) is 1. The molecule has 2 aromatic carbocycles. The first kappa shape index (κ1) is 24.3. The number of non-ortho nitro benzene ring substituents is 1. The van der Waals surface area contributed by atoms with Gasteiger partial charge < -0.3 is 5.32 Å². The van der Waals surface area contributed by atoms with Gasteiger partial charge in [0, 0.05) is 12.1 Å². The van der Waals surface area contributed by atoms with Crippen LogP contribution >= 0.6 is 0 Å². The molecule has 2 atom stereocenters. The number of hydrogen-bond acceptors (Lipinski definition) is 5. The van der Waals surface area contributed by atoms with Gasteiger partial charge in [-0.25, -0.2) is 8.42 Å². The predicted octanol–water partition coefficient (Wildman–Crippen LogP) is 3.92. The highest BCUT2D eigenvalue weighted by molar-refractivity contribution is 7.92. The Bertz CT molecular complexity index is 1060. The molecule has 2 rings (SSSR count). The molecule has 1 N–H and O–H groups in total. The number of sulfonamides is 1. The van der Waals surface area contributed by atoms with E-state index in [9.17, 15) is 23.3 Å². The zero-order chi connectivity index (χ0) is 23.6. The van der Waals surface area contributed by atoms with E-state index in [0.717, 1.165) is 27.8 Å². The van der Waals surface area contributed by atoms with Gasteiger partial charge in [0.2, 0.25) is 15.9 Å². The second kappa shape index (κ2) is 9.05. The number of nitrogens with zero attached hydrogens (tertiary/aromatic N) is 2. The van der Waals surface area contributed by atoms with Crippen molar-refractivity contribution < 1.29 is 18.1 Å². The van der Waals surface area contributed by atoms with Crippen LogP contribution in [0.4, 0.5) is 11.4 Å². The largest absolute Gasteiger partial charge is 0.348 e. The molecule has 0 spiro atoms. The fourth-order valence-electron chi connectivity index (χ4n) is 3.24. The summed E-state index contributed by atoms with van der Waals surface area (Å²) in [6.45, 7) is 9.60. The molecule has 168 valence electrons. The minimum Gasteiger partial charge on any atom is -0.348 e. The number of anilines is 1. The molecule has 0 saturated carbocycles. The van der Waals surface area contributed by atoms with E-state index in [2.05, 4.69) is 26.1 Å². The lowest BCUT2D eigenvalue weighted by molar-refractivity contribution is -0.384. The van der Waals surface area contributed by atoms with E-state index in [4.69, 9.17) is 0 Å². The summed E-state index contributed by atoms with van der Waals surface area (Å²) in [6, 6.07) is 11.6. The van der Waals surface area contributed by atoms with Crippen molar-refractivity contribution in [2.75, 3.05) is 10.6 Å². The normalized spacial score (nSPS) is 13.9. The summed E-state index contributed by atoms with van der Waals surface area (Å²) in [5.74, 6) is -0.510. The molecule has 2 aromatic rings. The molecule has 0 heterocycles. The third-order valence-corrected chi connectivity index (χ3v) is 6.26. The Morgan fingerprint density at radius 2 is 1.68 bits per heavy atom. The Labute approximate surface area is 183 Å². The summed E-state index contributed by atoms with van der Waals surface area (Å²) < 4.78 is 25.7. The maximum Gasteiger partial charge on any atom is 0.271 e. The minimum absolute atomic E-state index is 0.00775. The molecule has 0 fully saturated rings. The van der Waals surface area contributed by atoms with Gasteiger partial charge in [-0.1, -0.05) is 51.1 Å². The number of benzene rings is 2. The average molecular weight is 448 g/mol. The SMILES string of the molecule is CC(NC(=O)C(C)N(c1cccc([N+](=O)[O-])c1)S(C)(=O)=O)c1ccc(C(C)(C)C)cc1. The van der Waals surface area contributed by atoms with E-state index >= 15 is 0 Å². The molecule has 0 saturated heterocycles. The third-order valence-electron chi connectivity index (χ3n) is 5.02. The molecule has 0 bridgehead atoms. The van der Waals surface area contributed by atoms with Gasteiger partial charge in [-0.05, 0) is 36.5 Å². The van der Waals surface area contributed by atoms with Gasteiger partial charge in [-0.2, -0.15) is 0 Å². The van der Waals surface area contributed by atoms with Gasteiger partial charge in [-0.15, -0.1) is 0 Å². The summed E-state index contributed by atoms with van der Waals surface area (Å²) in [5.41, 5.74) is 1.85. The predicted molar refractivity (Wildman–Crippen MR) is 122 cm³/mol. The quantitative estimate of drug-likeness (QED) is 0.511. The van der Waals surface area contributed by atoms with Gasteiger partial charge in [0.05, 0.1) is 22.9 Å². The monoisotopic (exact) mass is 447 g/mol. The Balaban J connectivity index is 2.26. The van der Waals surface area contributed by atoms with Crippen molar-refractivity contribution in [1.29, 1.82) is 0 Å². The standard InChI is InChI=1S/C22H29N3O5S/c1-15(17-10-12-18(13-11-17)22(3,4)5)23-21(26)16(2)24(31(6,29)30)19-8-7-9-20(14-19)25(27)28/h7-16H,1-6H3,(H,23,26). The van der Waals surface area contributed by atoms with Crippen LogP contribution in [0.5, 0.6) is 0 Å². The Hall–Kier alpha value is -2.94. The van der Waals surface area contributed by atoms with Crippen LogP contribution in [-0.2, 0) is 20.2 Å². The van der Waals surface area contributed by atoms with Crippen molar-refractivity contribution in [3.8, 4) is 0 Å². The summed E-state index contributed by atoms with van der Waals surface area (Å²) in [7, 11) is -3.88. The molecule has 0 radical (unpaired) electrons. The van der Waals surface area contributed by atoms with Crippen LogP contribution in [-0.4, -0.2) is 31.5 Å². The van der Waals surface area contributed by atoms with Gasteiger partial charge in [0.15, 0.2) is 0 Å². The van der Waals surface area contributed by atoms with Crippen molar-refractivity contribution in [3.63, 3.8) is 0 Å². The number of rotatable bonds is 7. The van der Waals surface area contributed by atoms with E-state index in [1.54, 1.807) is 0 Å². The second-order valence-corrected chi connectivity index (χ2v) is 10.5. The Morgan fingerprint density at radius 3 is 2.16 bits per heavy atom. The lowest BCUT2D eigenvalue weighted by Gasteiger charge is -2.29. The first-order valence-corrected chi connectivity index (χ1v) is 11.7. The molecule has 8 nitrogen and oxygen atoms in total. The van der Waals surface area contributed by atoms with E-state index < -0.39 is 26.9 Å². The van der Waals surface area contributed by atoms with Gasteiger partial charge in [-0.3, -0.25) is 19.2 Å². The molecule has 2 unspecified atom stereocenters. The molecular weight excluding hydrogens is 418 g/mol. The maximum atomic E-state index is 12.9. The van der Waals surface area contributed by atoms with Crippen molar-refractivity contribution >= 4 is 27.3 Å². The summed E-state index contributed by atoms with van der Waals surface area (Å²) in [5, 5.41) is 13.9. The molecule has 0 aliphatic carbocycles. The van der Waals surface area contributed by atoms with Crippen molar-refractivity contribution in [3.05, 3.63) is 69.8 Å². The average Bonchev–Trinajstić information content (AvgIpc) is 2.66. The number of nitrogens with one attached hydrogen (secondary N) is 1. The third kappa shape index (κ3) is 6.04. The number of nitro benzene ring substituents is 1. The zero-order valence-corrected chi connectivity index (χ0v) is 19.4. The van der Waals surface area contributed by atoms with Crippen LogP contribution in [0.1, 0.15) is 51.8 Å². The van der Waals surface area contributed by atoms with E-state index in [-0.39, 0.29) is 22.8 Å². The fourth-order valence-corrected chi connectivity index (χ4v) is 4.41. The molecule has 0 aliphatic heterocycles. The van der Waals surface area contributed by atoms with Crippen LogP contribution in [0.15, 0.2) is 48.5 Å². The van der Waals surface area contributed by atoms with E-state index in [0.29, 0.717) is 0 Å². The molecule has 31 heavy (non-hydrogen) atoms. The molecule has 0 aliphatic rings. The van der Waals surface area contributed by atoms with Crippen LogP contribution < -0.4 is 9.62 Å². The summed E-state index contributed by atoms with van der Waals surface area (Å²) >= 11 is 0. The molecule has 0 aromatic heterocycles. The molecule has 1 amide bonds. The first-order valence-electron chi connectivity index (χ1n) is 9.86. The summed E-state index contributed by atoms with van der Waals surface area (Å²) in [4.78, 5) is 23.3. The van der Waals surface area contributed by atoms with Crippen LogP contribution in [0, 0.1) is 10.1 Å². The smallest absolute Gasteiger partial charge is 0.271 e. The highest BCUT2D eigenvalue weighted by atomic mass is 32.2. The lowest BCUT2D eigenvalue weighted by Crippen LogP contribution is -2.48. The van der Waals surface area contributed by atoms with Crippen molar-refractivity contribution in [2.24, 2.45) is 0 Å². The zero-order valence-electron chi connectivity index (χ0n) is 18.6. The Kier molecular flexibility index (Phi) is 7.10. The van der Waals surface area contributed by atoms with E-state index in [1.807, 2.05) is 31.2 Å². The van der Waals surface area contributed by atoms with Gasteiger partial charge in [0.1, 0.15) is 6.04 Å². The van der Waals surface area contributed by atoms with Gasteiger partial charge in [0.25, 0.3) is 5.69 Å². The lowest BCUT2D eigenvalue weighted by atomic mass is 9.86. The number of nitro groups is 1. The fraction of sp³-hybridized carbons (Fsp3) is 0.409. The topological polar surface area (TPSA) is 110 Å². The van der Waals surface area contributed by atoms with Crippen molar-refractivity contribution in [2.45, 2.75) is 52.1 Å². The summed E-state index contributed by atoms with van der Waals surface area (Å²) in [6.07, 6.45) is 0.963.